The zero-order chi connectivity index (χ0) is 15.6. The summed E-state index contributed by atoms with van der Waals surface area (Å²) in [4.78, 5) is 13.6. The van der Waals surface area contributed by atoms with Crippen LogP contribution in [0, 0.1) is 0 Å². The van der Waals surface area contributed by atoms with E-state index in [1.807, 2.05) is 41.2 Å². The van der Waals surface area contributed by atoms with Gasteiger partial charge in [0.25, 0.3) is 0 Å². The molecule has 0 saturated heterocycles. The summed E-state index contributed by atoms with van der Waals surface area (Å²) in [6.45, 7) is 0. The number of hydrogen-bond donors (Lipinski definition) is 1. The molecule has 3 aromatic heterocycles. The normalized spacial score (nSPS) is 15.9. The Bertz CT molecular complexity index is 823. The molecule has 0 aliphatic heterocycles. The monoisotopic (exact) mass is 371 g/mol. The van der Waals surface area contributed by atoms with Gasteiger partial charge in [-0.3, -0.25) is 4.40 Å². The van der Waals surface area contributed by atoms with E-state index in [0.29, 0.717) is 6.04 Å². The maximum atomic E-state index is 4.57. The van der Waals surface area contributed by atoms with Crippen LogP contribution < -0.4 is 5.32 Å². The van der Waals surface area contributed by atoms with Crippen molar-refractivity contribution in [3.8, 4) is 11.4 Å². The number of anilines is 1. The summed E-state index contributed by atoms with van der Waals surface area (Å²) in [5.74, 6) is 0.862. The molecule has 23 heavy (non-hydrogen) atoms. The first-order chi connectivity index (χ1) is 11.3. The molecule has 118 valence electrons. The van der Waals surface area contributed by atoms with Crippen molar-refractivity contribution in [3.63, 3.8) is 0 Å². The lowest BCUT2D eigenvalue weighted by Crippen LogP contribution is -2.23. The van der Waals surface area contributed by atoms with Gasteiger partial charge in [-0.25, -0.2) is 15.0 Å². The molecular formula is C17H18BrN5. The lowest BCUT2D eigenvalue weighted by Gasteiger charge is -2.23. The van der Waals surface area contributed by atoms with Gasteiger partial charge in [0.15, 0.2) is 11.5 Å². The number of pyridine rings is 1. The van der Waals surface area contributed by atoms with Gasteiger partial charge in [0.2, 0.25) is 0 Å². The molecule has 6 heteroatoms. The molecule has 0 bridgehead atoms. The third-order valence-corrected chi connectivity index (χ3v) is 4.79. The van der Waals surface area contributed by atoms with Crippen molar-refractivity contribution in [1.82, 2.24) is 19.4 Å². The van der Waals surface area contributed by atoms with Gasteiger partial charge in [-0.1, -0.05) is 25.3 Å². The minimum Gasteiger partial charge on any atom is -0.364 e. The molecule has 0 unspecified atom stereocenters. The highest BCUT2D eigenvalue weighted by molar-refractivity contribution is 9.10. The minimum atomic E-state index is 0.506. The van der Waals surface area contributed by atoms with E-state index >= 15 is 0 Å². The standard InChI is InChI=1S/C17H18BrN5/c18-15-8-4-7-13(22-15)14-11-20-17-16(19-9-10-23(14)17)21-12-5-2-1-3-6-12/h4,7-12H,1-3,5-6H2,(H,19,21). The van der Waals surface area contributed by atoms with Crippen molar-refractivity contribution < 1.29 is 0 Å². The maximum Gasteiger partial charge on any atom is 0.180 e. The first kappa shape index (κ1) is 14.6. The number of nitrogens with one attached hydrogen (secondary N) is 1. The lowest BCUT2D eigenvalue weighted by molar-refractivity contribution is 0.462. The molecule has 1 N–H and O–H groups in total. The maximum absolute atomic E-state index is 4.57. The van der Waals surface area contributed by atoms with Crippen LogP contribution in [0.1, 0.15) is 32.1 Å². The zero-order valence-electron chi connectivity index (χ0n) is 12.7. The second-order valence-electron chi connectivity index (χ2n) is 5.94. The van der Waals surface area contributed by atoms with Gasteiger partial charge in [-0.15, -0.1) is 0 Å². The summed E-state index contributed by atoms with van der Waals surface area (Å²) in [5.41, 5.74) is 2.71. The van der Waals surface area contributed by atoms with Gasteiger partial charge >= 0.3 is 0 Å². The topological polar surface area (TPSA) is 55.1 Å². The van der Waals surface area contributed by atoms with Crippen LogP contribution in [0.25, 0.3) is 17.0 Å². The Morgan fingerprint density at radius 3 is 2.83 bits per heavy atom. The molecule has 3 aromatic rings. The van der Waals surface area contributed by atoms with E-state index in [9.17, 15) is 0 Å². The number of nitrogens with zero attached hydrogens (tertiary/aromatic N) is 4. The summed E-state index contributed by atoms with van der Waals surface area (Å²) < 4.78 is 2.87. The quantitative estimate of drug-likeness (QED) is 0.697. The SMILES string of the molecule is Brc1cccc(-c2cnc3c(NC4CCCCC4)nccn23)n1. The molecule has 3 heterocycles. The van der Waals surface area contributed by atoms with Gasteiger partial charge in [0.1, 0.15) is 4.60 Å². The molecule has 1 aliphatic rings. The van der Waals surface area contributed by atoms with Gasteiger partial charge in [-0.2, -0.15) is 0 Å². The Morgan fingerprint density at radius 1 is 1.13 bits per heavy atom. The molecule has 1 saturated carbocycles. The number of imidazole rings is 1. The van der Waals surface area contributed by atoms with E-state index in [1.54, 1.807) is 0 Å². The summed E-state index contributed by atoms with van der Waals surface area (Å²) in [5, 5.41) is 3.58. The first-order valence-corrected chi connectivity index (χ1v) is 8.82. The molecular weight excluding hydrogens is 354 g/mol. The molecule has 0 spiro atoms. The molecule has 1 fully saturated rings. The van der Waals surface area contributed by atoms with Crippen LogP contribution in [0.3, 0.4) is 0 Å². The summed E-state index contributed by atoms with van der Waals surface area (Å²) in [6.07, 6.45) is 12.0. The Labute approximate surface area is 143 Å². The van der Waals surface area contributed by atoms with Gasteiger partial charge in [0, 0.05) is 18.4 Å². The predicted molar refractivity (Wildman–Crippen MR) is 94.4 cm³/mol. The second-order valence-corrected chi connectivity index (χ2v) is 6.75. The van der Waals surface area contributed by atoms with Gasteiger partial charge in [-0.05, 0) is 40.9 Å². The first-order valence-electron chi connectivity index (χ1n) is 8.03. The minimum absolute atomic E-state index is 0.506. The summed E-state index contributed by atoms with van der Waals surface area (Å²) in [7, 11) is 0. The Morgan fingerprint density at radius 2 is 2.00 bits per heavy atom. The number of halogens is 1. The molecule has 0 atom stereocenters. The van der Waals surface area contributed by atoms with E-state index in [2.05, 4.69) is 36.2 Å². The highest BCUT2D eigenvalue weighted by Crippen LogP contribution is 2.26. The molecule has 1 aliphatic carbocycles. The van der Waals surface area contributed by atoms with E-state index in [0.717, 1.165) is 27.5 Å². The van der Waals surface area contributed by atoms with E-state index < -0.39 is 0 Å². The fourth-order valence-corrected chi connectivity index (χ4v) is 3.55. The van der Waals surface area contributed by atoms with Crippen molar-refractivity contribution in [1.29, 1.82) is 0 Å². The third-order valence-electron chi connectivity index (χ3n) is 4.35. The highest BCUT2D eigenvalue weighted by atomic mass is 79.9. The largest absolute Gasteiger partial charge is 0.364 e. The third kappa shape index (κ3) is 2.95. The second kappa shape index (κ2) is 6.28. The van der Waals surface area contributed by atoms with Crippen LogP contribution in [-0.4, -0.2) is 25.4 Å². The Kier molecular flexibility index (Phi) is 3.99. The highest BCUT2D eigenvalue weighted by Gasteiger charge is 2.17. The average Bonchev–Trinajstić information content (AvgIpc) is 3.01. The van der Waals surface area contributed by atoms with Gasteiger partial charge in [0.05, 0.1) is 17.6 Å². The van der Waals surface area contributed by atoms with Crippen LogP contribution in [0.2, 0.25) is 0 Å². The van der Waals surface area contributed by atoms with Crippen molar-refractivity contribution in [2.75, 3.05) is 5.32 Å². The Hall–Kier alpha value is -1.95. The van der Waals surface area contributed by atoms with Crippen molar-refractivity contribution in [3.05, 3.63) is 41.4 Å². The molecule has 4 rings (SSSR count). The van der Waals surface area contributed by atoms with E-state index in [-0.39, 0.29) is 0 Å². The van der Waals surface area contributed by atoms with Crippen LogP contribution in [-0.2, 0) is 0 Å². The van der Waals surface area contributed by atoms with E-state index in [4.69, 9.17) is 0 Å². The predicted octanol–water partition coefficient (Wildman–Crippen LogP) is 4.30. The van der Waals surface area contributed by atoms with Crippen LogP contribution >= 0.6 is 15.9 Å². The van der Waals surface area contributed by atoms with Crippen molar-refractivity contribution in [2.24, 2.45) is 0 Å². The van der Waals surface area contributed by atoms with Crippen LogP contribution in [0.4, 0.5) is 5.82 Å². The van der Waals surface area contributed by atoms with Crippen molar-refractivity contribution >= 4 is 27.4 Å². The number of aromatic nitrogens is 4. The van der Waals surface area contributed by atoms with Gasteiger partial charge < -0.3 is 5.32 Å². The number of hydrogen-bond acceptors (Lipinski definition) is 4. The molecule has 0 amide bonds. The Balaban J connectivity index is 1.71. The molecule has 0 radical (unpaired) electrons. The van der Waals surface area contributed by atoms with Crippen LogP contribution in [0.5, 0.6) is 0 Å². The summed E-state index contributed by atoms with van der Waals surface area (Å²) in [6, 6.07) is 6.40. The fraction of sp³-hybridized carbons (Fsp3) is 0.353. The number of rotatable bonds is 3. The average molecular weight is 372 g/mol. The van der Waals surface area contributed by atoms with Crippen LogP contribution in [0.15, 0.2) is 41.4 Å². The fourth-order valence-electron chi connectivity index (χ4n) is 3.20. The smallest absolute Gasteiger partial charge is 0.180 e. The van der Waals surface area contributed by atoms with Crippen molar-refractivity contribution in [2.45, 2.75) is 38.1 Å². The zero-order valence-corrected chi connectivity index (χ0v) is 14.3. The lowest BCUT2D eigenvalue weighted by atomic mass is 9.95. The number of fused-ring (bicyclic) bond motifs is 1. The summed E-state index contributed by atoms with van der Waals surface area (Å²) >= 11 is 3.43. The molecule has 0 aromatic carbocycles. The molecule has 5 nitrogen and oxygen atoms in total. The van der Waals surface area contributed by atoms with E-state index in [1.165, 1.54) is 32.1 Å².